The molecular weight excluding hydrogens is 430 g/mol. The van der Waals surface area contributed by atoms with E-state index in [4.69, 9.17) is 0 Å². The van der Waals surface area contributed by atoms with E-state index in [-0.39, 0.29) is 23.7 Å². The molecule has 1 aliphatic rings. The van der Waals surface area contributed by atoms with Gasteiger partial charge >= 0.3 is 5.69 Å². The average Bonchev–Trinajstić information content (AvgIpc) is 3.24. The second-order valence-electron chi connectivity index (χ2n) is 9.21. The molecule has 3 heterocycles. The van der Waals surface area contributed by atoms with Gasteiger partial charge in [-0.25, -0.2) is 4.79 Å². The Morgan fingerprint density at radius 2 is 1.74 bits per heavy atom. The topological polar surface area (TPSA) is 81.3 Å². The van der Waals surface area contributed by atoms with Crippen molar-refractivity contribution in [3.05, 3.63) is 68.5 Å². The number of piperidine rings is 1. The van der Waals surface area contributed by atoms with Crippen molar-refractivity contribution in [3.8, 4) is 0 Å². The van der Waals surface area contributed by atoms with Crippen LogP contribution in [0.1, 0.15) is 37.8 Å². The largest absolute Gasteiger partial charge is 0.354 e. The van der Waals surface area contributed by atoms with Crippen molar-refractivity contribution < 1.29 is 4.79 Å². The Hall–Kier alpha value is -3.13. The number of amides is 1. The van der Waals surface area contributed by atoms with Crippen LogP contribution in [0.4, 0.5) is 0 Å². The maximum atomic E-state index is 12.7. The van der Waals surface area contributed by atoms with E-state index in [9.17, 15) is 14.4 Å². The first kappa shape index (κ1) is 24.0. The first-order chi connectivity index (χ1) is 16.4. The molecule has 1 aliphatic heterocycles. The summed E-state index contributed by atoms with van der Waals surface area (Å²) in [7, 11) is 0. The Labute approximate surface area is 199 Å². The zero-order valence-electron chi connectivity index (χ0n) is 20.4. The zero-order valence-corrected chi connectivity index (χ0v) is 20.4. The highest BCUT2D eigenvalue weighted by Gasteiger charge is 2.21. The van der Waals surface area contributed by atoms with Crippen LogP contribution in [0.15, 0.2) is 46.1 Å². The Morgan fingerprint density at radius 1 is 1.03 bits per heavy atom. The zero-order chi connectivity index (χ0) is 24.2. The van der Waals surface area contributed by atoms with Crippen molar-refractivity contribution in [3.63, 3.8) is 0 Å². The van der Waals surface area contributed by atoms with Gasteiger partial charge in [0.25, 0.3) is 5.56 Å². The summed E-state index contributed by atoms with van der Waals surface area (Å²) in [5.74, 6) is 0.360. The van der Waals surface area contributed by atoms with Crippen LogP contribution in [0, 0.1) is 12.8 Å². The molecule has 0 atom stereocenters. The van der Waals surface area contributed by atoms with E-state index >= 15 is 0 Å². The van der Waals surface area contributed by atoms with Gasteiger partial charge in [-0.2, -0.15) is 0 Å². The van der Waals surface area contributed by atoms with Crippen LogP contribution in [0.3, 0.4) is 0 Å². The van der Waals surface area contributed by atoms with Crippen LogP contribution < -0.4 is 16.6 Å². The molecule has 0 radical (unpaired) electrons. The first-order valence-electron chi connectivity index (χ1n) is 12.3. The van der Waals surface area contributed by atoms with Gasteiger partial charge in [-0.05, 0) is 69.8 Å². The summed E-state index contributed by atoms with van der Waals surface area (Å²) < 4.78 is 4.52. The van der Waals surface area contributed by atoms with Gasteiger partial charge in [-0.15, -0.1) is 0 Å². The highest BCUT2D eigenvalue weighted by molar-refractivity contribution is 5.80. The maximum Gasteiger partial charge on any atom is 0.332 e. The Balaban J connectivity index is 1.34. The third kappa shape index (κ3) is 4.87. The third-order valence-electron chi connectivity index (χ3n) is 7.02. The molecule has 8 heteroatoms. The number of rotatable bonds is 8. The number of likely N-dealkylation sites (tertiary alicyclic amines) is 1. The molecule has 8 nitrogen and oxygen atoms in total. The Morgan fingerprint density at radius 3 is 2.41 bits per heavy atom. The predicted octanol–water partition coefficient (Wildman–Crippen LogP) is 2.34. The van der Waals surface area contributed by atoms with Gasteiger partial charge in [0.1, 0.15) is 12.2 Å². The summed E-state index contributed by atoms with van der Waals surface area (Å²) in [6.07, 6.45) is 3.84. The van der Waals surface area contributed by atoms with Crippen molar-refractivity contribution >= 4 is 16.9 Å². The quantitative estimate of drug-likeness (QED) is 0.554. The highest BCUT2D eigenvalue weighted by Crippen LogP contribution is 2.20. The lowest BCUT2D eigenvalue weighted by molar-refractivity contribution is -0.121. The number of carbonyl (C=O) groups excluding carboxylic acids is 1. The Kier molecular flexibility index (Phi) is 7.36. The molecule has 1 fully saturated rings. The first-order valence-corrected chi connectivity index (χ1v) is 12.3. The van der Waals surface area contributed by atoms with Crippen LogP contribution in [-0.4, -0.2) is 44.1 Å². The van der Waals surface area contributed by atoms with Gasteiger partial charge < -0.3 is 9.88 Å². The number of benzene rings is 1. The lowest BCUT2D eigenvalue weighted by Crippen LogP contribution is -2.40. The van der Waals surface area contributed by atoms with E-state index in [0.717, 1.165) is 32.5 Å². The molecule has 4 rings (SSSR count). The maximum absolute atomic E-state index is 12.7. The number of nitrogens with zero attached hydrogens (tertiary/aromatic N) is 4. The van der Waals surface area contributed by atoms with Crippen LogP contribution >= 0.6 is 0 Å². The fraction of sp³-hybridized carbons (Fsp3) is 0.500. The summed E-state index contributed by atoms with van der Waals surface area (Å²) in [4.78, 5) is 40.6. The fourth-order valence-corrected chi connectivity index (χ4v) is 4.94. The van der Waals surface area contributed by atoms with Crippen molar-refractivity contribution in [2.45, 2.75) is 59.8 Å². The van der Waals surface area contributed by atoms with E-state index in [1.807, 2.05) is 6.92 Å². The molecule has 0 unspecified atom stereocenters. The molecule has 182 valence electrons. The van der Waals surface area contributed by atoms with Gasteiger partial charge in [-0.1, -0.05) is 24.3 Å². The Bertz CT molecular complexity index is 1280. The minimum atomic E-state index is -0.333. The van der Waals surface area contributed by atoms with Crippen molar-refractivity contribution in [1.82, 2.24) is 23.9 Å². The SMILES string of the molecule is CCn1c(=O)c2ccn(CC(=O)NCC3CCN(Cc4ccccc4C)CC3)c2n(CC)c1=O. The molecule has 0 aliphatic carbocycles. The molecule has 2 aromatic heterocycles. The number of nitrogens with one attached hydrogen (secondary N) is 1. The van der Waals surface area contributed by atoms with Crippen molar-refractivity contribution in [2.24, 2.45) is 5.92 Å². The smallest absolute Gasteiger partial charge is 0.332 e. The molecule has 1 saturated heterocycles. The average molecular weight is 466 g/mol. The minimum absolute atomic E-state index is 0.0879. The molecule has 0 spiro atoms. The number of hydrogen-bond donors (Lipinski definition) is 1. The molecule has 1 aromatic carbocycles. The number of carbonyl (C=O) groups is 1. The van der Waals surface area contributed by atoms with E-state index in [1.165, 1.54) is 15.7 Å². The molecule has 34 heavy (non-hydrogen) atoms. The minimum Gasteiger partial charge on any atom is -0.354 e. The fourth-order valence-electron chi connectivity index (χ4n) is 4.94. The molecule has 1 amide bonds. The highest BCUT2D eigenvalue weighted by atomic mass is 16.2. The third-order valence-corrected chi connectivity index (χ3v) is 7.02. The van der Waals surface area contributed by atoms with Crippen molar-refractivity contribution in [1.29, 1.82) is 0 Å². The van der Waals surface area contributed by atoms with Gasteiger partial charge in [0.15, 0.2) is 0 Å². The summed E-state index contributed by atoms with van der Waals surface area (Å²) in [6.45, 7) is 10.3. The standard InChI is InChI=1S/C26H35N5O3/c1-4-30-24-22(25(33)31(5-2)26(30)34)12-15-29(24)18-23(32)27-16-20-10-13-28(14-11-20)17-21-9-7-6-8-19(21)3/h6-9,12,15,20H,4-5,10-11,13-14,16-18H2,1-3H3,(H,27,32). The summed E-state index contributed by atoms with van der Waals surface area (Å²) in [5.41, 5.74) is 2.59. The molecule has 3 aromatic rings. The van der Waals surface area contributed by atoms with Crippen molar-refractivity contribution in [2.75, 3.05) is 19.6 Å². The molecule has 0 saturated carbocycles. The summed E-state index contributed by atoms with van der Waals surface area (Å²) >= 11 is 0. The monoisotopic (exact) mass is 465 g/mol. The molecule has 0 bridgehead atoms. The van der Waals surface area contributed by atoms with Gasteiger partial charge in [0, 0.05) is 32.4 Å². The lowest BCUT2D eigenvalue weighted by atomic mass is 9.96. The number of fused-ring (bicyclic) bond motifs is 1. The second-order valence-corrected chi connectivity index (χ2v) is 9.21. The second kappa shape index (κ2) is 10.4. The van der Waals surface area contributed by atoms with Crippen LogP contribution in [0.25, 0.3) is 11.0 Å². The normalized spacial score (nSPS) is 15.1. The van der Waals surface area contributed by atoms with E-state index in [1.54, 1.807) is 28.3 Å². The molecule has 1 N–H and O–H groups in total. The molecular formula is C26H35N5O3. The van der Waals surface area contributed by atoms with Gasteiger partial charge in [0.05, 0.1) is 5.39 Å². The van der Waals surface area contributed by atoms with Crippen LogP contribution in [0.2, 0.25) is 0 Å². The van der Waals surface area contributed by atoms with Gasteiger partial charge in [0.2, 0.25) is 5.91 Å². The van der Waals surface area contributed by atoms with E-state index in [0.29, 0.717) is 36.6 Å². The van der Waals surface area contributed by atoms with E-state index < -0.39 is 0 Å². The number of aromatic nitrogens is 3. The van der Waals surface area contributed by atoms with Crippen LogP contribution in [-0.2, 0) is 31.0 Å². The lowest BCUT2D eigenvalue weighted by Gasteiger charge is -2.32. The van der Waals surface area contributed by atoms with E-state index in [2.05, 4.69) is 41.4 Å². The number of hydrogen-bond acceptors (Lipinski definition) is 4. The predicted molar refractivity (Wildman–Crippen MR) is 134 cm³/mol. The summed E-state index contributed by atoms with van der Waals surface area (Å²) in [5, 5.41) is 3.54. The summed E-state index contributed by atoms with van der Waals surface area (Å²) in [6, 6.07) is 10.2. The van der Waals surface area contributed by atoms with Gasteiger partial charge in [-0.3, -0.25) is 23.6 Å². The number of aryl methyl sites for hydroxylation is 2. The van der Waals surface area contributed by atoms with Crippen LogP contribution in [0.5, 0.6) is 0 Å².